The highest BCUT2D eigenvalue weighted by molar-refractivity contribution is 9.10. The Bertz CT molecular complexity index is 894. The number of hydrogen-bond acceptors (Lipinski definition) is 2. The van der Waals surface area contributed by atoms with Crippen molar-refractivity contribution in [2.75, 3.05) is 11.4 Å². The molecule has 2 atom stereocenters. The van der Waals surface area contributed by atoms with Gasteiger partial charge in [0.1, 0.15) is 6.54 Å². The number of nitrogens with one attached hydrogen (secondary N) is 1. The average molecular weight is 464 g/mol. The van der Waals surface area contributed by atoms with E-state index in [9.17, 15) is 9.59 Å². The van der Waals surface area contributed by atoms with Gasteiger partial charge in [0.25, 0.3) is 0 Å². The van der Waals surface area contributed by atoms with E-state index in [2.05, 4.69) is 21.2 Å². The summed E-state index contributed by atoms with van der Waals surface area (Å²) in [5, 5.41) is 3.60. The molecule has 1 aliphatic rings. The SMILES string of the molecule is CC(C)(C)NC(=O)CN1C(=O)C(Br)CC(c2cccc(Cl)c2)c2ccccc21. The van der Waals surface area contributed by atoms with E-state index in [0.717, 1.165) is 16.8 Å². The molecule has 2 aromatic carbocycles. The van der Waals surface area contributed by atoms with Crippen LogP contribution in [0.25, 0.3) is 0 Å². The summed E-state index contributed by atoms with van der Waals surface area (Å²) in [6, 6.07) is 15.5. The van der Waals surface area contributed by atoms with Gasteiger partial charge in [0.15, 0.2) is 0 Å². The Morgan fingerprint density at radius 2 is 1.93 bits per heavy atom. The Morgan fingerprint density at radius 1 is 1.21 bits per heavy atom. The van der Waals surface area contributed by atoms with Crippen LogP contribution in [0.15, 0.2) is 48.5 Å². The lowest BCUT2D eigenvalue weighted by Gasteiger charge is -2.27. The monoisotopic (exact) mass is 462 g/mol. The molecule has 0 aliphatic carbocycles. The van der Waals surface area contributed by atoms with Gasteiger partial charge in [-0.25, -0.2) is 0 Å². The predicted molar refractivity (Wildman–Crippen MR) is 117 cm³/mol. The van der Waals surface area contributed by atoms with Crippen molar-refractivity contribution >= 4 is 45.0 Å². The number of carbonyl (C=O) groups is 2. The van der Waals surface area contributed by atoms with Gasteiger partial charge in [0.05, 0.1) is 4.83 Å². The van der Waals surface area contributed by atoms with Crippen LogP contribution in [0.5, 0.6) is 0 Å². The van der Waals surface area contributed by atoms with E-state index in [1.54, 1.807) is 4.90 Å². The summed E-state index contributed by atoms with van der Waals surface area (Å²) in [5.74, 6) is -0.295. The highest BCUT2D eigenvalue weighted by Crippen LogP contribution is 2.41. The molecule has 1 heterocycles. The lowest BCUT2D eigenvalue weighted by atomic mass is 9.87. The number of hydrogen-bond donors (Lipinski definition) is 1. The van der Waals surface area contributed by atoms with Crippen molar-refractivity contribution in [1.82, 2.24) is 5.32 Å². The molecule has 28 heavy (non-hydrogen) atoms. The Hall–Kier alpha value is -1.85. The summed E-state index contributed by atoms with van der Waals surface area (Å²) in [6.07, 6.45) is 0.591. The molecule has 148 valence electrons. The van der Waals surface area contributed by atoms with Crippen molar-refractivity contribution in [3.63, 3.8) is 0 Å². The zero-order valence-corrected chi connectivity index (χ0v) is 18.5. The Morgan fingerprint density at radius 3 is 2.61 bits per heavy atom. The summed E-state index contributed by atoms with van der Waals surface area (Å²) in [4.78, 5) is 26.9. The van der Waals surface area contributed by atoms with Gasteiger partial charge in [-0.3, -0.25) is 9.59 Å². The maximum absolute atomic E-state index is 13.1. The van der Waals surface area contributed by atoms with Gasteiger partial charge in [-0.05, 0) is 56.5 Å². The third-order valence-corrected chi connectivity index (χ3v) is 5.65. The maximum atomic E-state index is 13.1. The first-order chi connectivity index (χ1) is 13.2. The van der Waals surface area contributed by atoms with Crippen molar-refractivity contribution in [1.29, 1.82) is 0 Å². The van der Waals surface area contributed by atoms with Crippen LogP contribution in [0.1, 0.15) is 44.2 Å². The number of alkyl halides is 1. The van der Waals surface area contributed by atoms with E-state index < -0.39 is 4.83 Å². The Labute approximate surface area is 179 Å². The van der Waals surface area contributed by atoms with Crippen molar-refractivity contribution < 1.29 is 9.59 Å². The molecule has 0 bridgehead atoms. The van der Waals surface area contributed by atoms with Crippen molar-refractivity contribution in [2.45, 2.75) is 43.5 Å². The molecule has 2 aromatic rings. The molecule has 4 nitrogen and oxygen atoms in total. The lowest BCUT2D eigenvalue weighted by molar-refractivity contribution is -0.124. The number of anilines is 1. The summed E-state index contributed by atoms with van der Waals surface area (Å²) < 4.78 is 0. The van der Waals surface area contributed by atoms with Crippen LogP contribution in [-0.4, -0.2) is 28.7 Å². The first-order valence-electron chi connectivity index (χ1n) is 9.26. The van der Waals surface area contributed by atoms with E-state index in [4.69, 9.17) is 11.6 Å². The number of fused-ring (bicyclic) bond motifs is 1. The fourth-order valence-electron chi connectivity index (χ4n) is 3.55. The Kier molecular flexibility index (Phi) is 6.15. The van der Waals surface area contributed by atoms with Crippen molar-refractivity contribution in [3.05, 3.63) is 64.7 Å². The fraction of sp³-hybridized carbons (Fsp3) is 0.364. The van der Waals surface area contributed by atoms with Crippen LogP contribution in [0, 0.1) is 0 Å². The zero-order valence-electron chi connectivity index (χ0n) is 16.2. The first kappa shape index (κ1) is 20.9. The van der Waals surface area contributed by atoms with Gasteiger partial charge in [-0.1, -0.05) is 57.9 Å². The predicted octanol–water partition coefficient (Wildman–Crippen LogP) is 4.89. The minimum Gasteiger partial charge on any atom is -0.350 e. The molecule has 2 unspecified atom stereocenters. The van der Waals surface area contributed by atoms with E-state index in [0.29, 0.717) is 11.4 Å². The Balaban J connectivity index is 2.02. The summed E-state index contributed by atoms with van der Waals surface area (Å²) in [6.45, 7) is 5.75. The second kappa shape index (κ2) is 8.26. The molecule has 3 rings (SSSR count). The van der Waals surface area contributed by atoms with Gasteiger partial charge in [-0.2, -0.15) is 0 Å². The molecule has 0 saturated carbocycles. The third kappa shape index (κ3) is 4.76. The number of amides is 2. The molecule has 1 N–H and O–H groups in total. The van der Waals surface area contributed by atoms with Crippen LogP contribution in [0.2, 0.25) is 5.02 Å². The molecule has 0 aromatic heterocycles. The quantitative estimate of drug-likeness (QED) is 0.659. The fourth-order valence-corrected chi connectivity index (χ4v) is 4.37. The number of rotatable bonds is 3. The van der Waals surface area contributed by atoms with Crippen LogP contribution >= 0.6 is 27.5 Å². The van der Waals surface area contributed by atoms with Crippen LogP contribution < -0.4 is 10.2 Å². The van der Waals surface area contributed by atoms with Crippen LogP contribution in [-0.2, 0) is 9.59 Å². The van der Waals surface area contributed by atoms with Crippen LogP contribution in [0.3, 0.4) is 0 Å². The topological polar surface area (TPSA) is 49.4 Å². The number of para-hydroxylation sites is 1. The average Bonchev–Trinajstić information content (AvgIpc) is 2.71. The minimum absolute atomic E-state index is 0.00102. The van der Waals surface area contributed by atoms with E-state index in [-0.39, 0.29) is 29.8 Å². The minimum atomic E-state index is -0.397. The standard InChI is InChI=1S/C22H24BrClN2O2/c1-22(2,3)25-20(27)13-26-19-10-5-4-9-16(19)17(12-18(23)21(26)28)14-7-6-8-15(24)11-14/h4-11,17-18H,12-13H2,1-3H3,(H,25,27). The highest BCUT2D eigenvalue weighted by atomic mass is 79.9. The summed E-state index contributed by atoms with van der Waals surface area (Å²) in [5.41, 5.74) is 2.48. The van der Waals surface area contributed by atoms with Gasteiger partial charge in [0.2, 0.25) is 11.8 Å². The highest BCUT2D eigenvalue weighted by Gasteiger charge is 2.35. The van der Waals surface area contributed by atoms with Gasteiger partial charge in [0, 0.05) is 22.2 Å². The molecular formula is C22H24BrClN2O2. The van der Waals surface area contributed by atoms with Gasteiger partial charge in [-0.15, -0.1) is 0 Å². The second-order valence-electron chi connectivity index (χ2n) is 8.09. The summed E-state index contributed by atoms with van der Waals surface area (Å²) in [7, 11) is 0. The van der Waals surface area contributed by atoms with Crippen LogP contribution in [0.4, 0.5) is 5.69 Å². The second-order valence-corrected chi connectivity index (χ2v) is 9.63. The van der Waals surface area contributed by atoms with Gasteiger partial charge < -0.3 is 10.2 Å². The number of halogens is 2. The molecule has 6 heteroatoms. The summed E-state index contributed by atoms with van der Waals surface area (Å²) >= 11 is 9.77. The molecule has 0 radical (unpaired) electrons. The molecule has 2 amide bonds. The lowest BCUT2D eigenvalue weighted by Crippen LogP contribution is -2.48. The molecule has 0 fully saturated rings. The third-order valence-electron chi connectivity index (χ3n) is 4.65. The first-order valence-corrected chi connectivity index (χ1v) is 10.6. The van der Waals surface area contributed by atoms with E-state index in [1.807, 2.05) is 69.3 Å². The maximum Gasteiger partial charge on any atom is 0.241 e. The van der Waals surface area contributed by atoms with E-state index >= 15 is 0 Å². The molecule has 0 spiro atoms. The molecular weight excluding hydrogens is 440 g/mol. The molecule has 0 saturated heterocycles. The number of nitrogens with zero attached hydrogens (tertiary/aromatic N) is 1. The van der Waals surface area contributed by atoms with Crippen molar-refractivity contribution in [2.24, 2.45) is 0 Å². The number of benzene rings is 2. The smallest absolute Gasteiger partial charge is 0.241 e. The zero-order chi connectivity index (χ0) is 20.5. The normalized spacial score (nSPS) is 19.8. The molecule has 1 aliphatic heterocycles. The van der Waals surface area contributed by atoms with E-state index in [1.165, 1.54) is 0 Å². The van der Waals surface area contributed by atoms with Gasteiger partial charge >= 0.3 is 0 Å². The largest absolute Gasteiger partial charge is 0.350 e. The number of carbonyl (C=O) groups excluding carboxylic acids is 2. The van der Waals surface area contributed by atoms with Crippen molar-refractivity contribution in [3.8, 4) is 0 Å².